The van der Waals surface area contributed by atoms with Crippen LogP contribution in [-0.4, -0.2) is 4.98 Å². The largest absolute Gasteiger partial charge is 0.264 e. The summed E-state index contributed by atoms with van der Waals surface area (Å²) in [7, 11) is 0. The standard InChI is InChI=1S/C15H19N/c1-5-11-6-7-14(15(2,3)4)13-10-16-9-8-12(11)13/h6-10H,5H2,1-4H3. The van der Waals surface area contributed by atoms with Crippen LogP contribution in [0.25, 0.3) is 10.8 Å². The highest BCUT2D eigenvalue weighted by atomic mass is 14.6. The first kappa shape index (κ1) is 11.1. The third kappa shape index (κ3) is 1.82. The Bertz CT molecular complexity index is 506. The lowest BCUT2D eigenvalue weighted by molar-refractivity contribution is 0.595. The monoisotopic (exact) mass is 213 g/mol. The van der Waals surface area contributed by atoms with E-state index in [2.05, 4.69) is 50.9 Å². The SMILES string of the molecule is CCc1ccc(C(C)(C)C)c2cnccc12. The van der Waals surface area contributed by atoms with E-state index < -0.39 is 0 Å². The third-order valence-electron chi connectivity index (χ3n) is 3.10. The summed E-state index contributed by atoms with van der Waals surface area (Å²) in [6.45, 7) is 8.95. The zero-order chi connectivity index (χ0) is 11.8. The molecule has 0 spiro atoms. The van der Waals surface area contributed by atoms with E-state index in [1.807, 2.05) is 12.4 Å². The van der Waals surface area contributed by atoms with Gasteiger partial charge in [-0.3, -0.25) is 4.98 Å². The van der Waals surface area contributed by atoms with Gasteiger partial charge in [-0.25, -0.2) is 0 Å². The number of benzene rings is 1. The summed E-state index contributed by atoms with van der Waals surface area (Å²) < 4.78 is 0. The van der Waals surface area contributed by atoms with Gasteiger partial charge in [0.05, 0.1) is 0 Å². The van der Waals surface area contributed by atoms with E-state index in [9.17, 15) is 0 Å². The second-order valence-electron chi connectivity index (χ2n) is 5.30. The molecule has 16 heavy (non-hydrogen) atoms. The Morgan fingerprint density at radius 1 is 1.06 bits per heavy atom. The maximum absolute atomic E-state index is 4.26. The molecule has 0 unspecified atom stereocenters. The Balaban J connectivity index is 2.80. The molecule has 0 amide bonds. The van der Waals surface area contributed by atoms with Crippen molar-refractivity contribution in [1.29, 1.82) is 0 Å². The molecule has 0 aliphatic carbocycles. The van der Waals surface area contributed by atoms with Crippen molar-refractivity contribution in [3.63, 3.8) is 0 Å². The van der Waals surface area contributed by atoms with Crippen LogP contribution in [0.1, 0.15) is 38.8 Å². The van der Waals surface area contributed by atoms with E-state index in [1.54, 1.807) is 0 Å². The molecule has 0 atom stereocenters. The maximum atomic E-state index is 4.26. The van der Waals surface area contributed by atoms with Crippen molar-refractivity contribution in [3.8, 4) is 0 Å². The average Bonchev–Trinajstić information content (AvgIpc) is 2.26. The molecule has 0 fully saturated rings. The molecule has 0 saturated heterocycles. The van der Waals surface area contributed by atoms with Gasteiger partial charge < -0.3 is 0 Å². The summed E-state index contributed by atoms with van der Waals surface area (Å²) in [6, 6.07) is 6.63. The van der Waals surface area contributed by atoms with Crippen LogP contribution in [0.2, 0.25) is 0 Å². The maximum Gasteiger partial charge on any atom is 0.0349 e. The van der Waals surface area contributed by atoms with Gasteiger partial charge in [-0.2, -0.15) is 0 Å². The number of aryl methyl sites for hydroxylation is 1. The minimum atomic E-state index is 0.174. The van der Waals surface area contributed by atoms with Crippen molar-refractivity contribution in [2.45, 2.75) is 39.5 Å². The highest BCUT2D eigenvalue weighted by molar-refractivity contribution is 5.88. The summed E-state index contributed by atoms with van der Waals surface area (Å²) in [5.74, 6) is 0. The van der Waals surface area contributed by atoms with Crippen molar-refractivity contribution in [2.24, 2.45) is 0 Å². The van der Waals surface area contributed by atoms with Crippen LogP contribution >= 0.6 is 0 Å². The quantitative estimate of drug-likeness (QED) is 0.695. The Morgan fingerprint density at radius 2 is 1.81 bits per heavy atom. The van der Waals surface area contributed by atoms with Crippen LogP contribution in [0.5, 0.6) is 0 Å². The zero-order valence-corrected chi connectivity index (χ0v) is 10.5. The first-order chi connectivity index (χ1) is 7.54. The highest BCUT2D eigenvalue weighted by Crippen LogP contribution is 2.31. The van der Waals surface area contributed by atoms with Crippen LogP contribution in [-0.2, 0) is 11.8 Å². The summed E-state index contributed by atoms with van der Waals surface area (Å²) in [4.78, 5) is 4.26. The van der Waals surface area contributed by atoms with Gasteiger partial charge in [0.2, 0.25) is 0 Å². The van der Waals surface area contributed by atoms with Gasteiger partial charge in [0.15, 0.2) is 0 Å². The van der Waals surface area contributed by atoms with E-state index in [4.69, 9.17) is 0 Å². The predicted octanol–water partition coefficient (Wildman–Crippen LogP) is 4.09. The first-order valence-corrected chi connectivity index (χ1v) is 5.90. The molecule has 2 aromatic rings. The molecular weight excluding hydrogens is 194 g/mol. The third-order valence-corrected chi connectivity index (χ3v) is 3.10. The number of rotatable bonds is 1. The summed E-state index contributed by atoms with van der Waals surface area (Å²) in [5, 5.41) is 2.65. The van der Waals surface area contributed by atoms with E-state index >= 15 is 0 Å². The normalized spacial score (nSPS) is 12.0. The van der Waals surface area contributed by atoms with Gasteiger partial charge >= 0.3 is 0 Å². The number of nitrogens with zero attached hydrogens (tertiary/aromatic N) is 1. The molecule has 84 valence electrons. The fourth-order valence-corrected chi connectivity index (χ4v) is 2.21. The van der Waals surface area contributed by atoms with Crippen molar-refractivity contribution >= 4 is 10.8 Å². The minimum absolute atomic E-state index is 0.174. The molecular formula is C15H19N. The average molecular weight is 213 g/mol. The van der Waals surface area contributed by atoms with Gasteiger partial charge in [0.25, 0.3) is 0 Å². The van der Waals surface area contributed by atoms with Gasteiger partial charge in [-0.15, -0.1) is 0 Å². The molecule has 0 radical (unpaired) electrons. The fourth-order valence-electron chi connectivity index (χ4n) is 2.21. The lowest BCUT2D eigenvalue weighted by Crippen LogP contribution is -2.12. The highest BCUT2D eigenvalue weighted by Gasteiger charge is 2.17. The fraction of sp³-hybridized carbons (Fsp3) is 0.400. The van der Waals surface area contributed by atoms with Gasteiger partial charge in [-0.05, 0) is 34.4 Å². The summed E-state index contributed by atoms with van der Waals surface area (Å²) >= 11 is 0. The van der Waals surface area contributed by atoms with Crippen molar-refractivity contribution in [1.82, 2.24) is 4.98 Å². The van der Waals surface area contributed by atoms with Gasteiger partial charge in [-0.1, -0.05) is 39.8 Å². The van der Waals surface area contributed by atoms with Crippen molar-refractivity contribution in [3.05, 3.63) is 41.7 Å². The smallest absolute Gasteiger partial charge is 0.0349 e. The zero-order valence-electron chi connectivity index (χ0n) is 10.5. The Hall–Kier alpha value is -1.37. The number of aromatic nitrogens is 1. The van der Waals surface area contributed by atoms with E-state index in [0.29, 0.717) is 0 Å². The van der Waals surface area contributed by atoms with Crippen LogP contribution in [0.15, 0.2) is 30.6 Å². The molecule has 0 bridgehead atoms. The number of fused-ring (bicyclic) bond motifs is 1. The molecule has 0 saturated carbocycles. The van der Waals surface area contributed by atoms with Gasteiger partial charge in [0.1, 0.15) is 0 Å². The molecule has 2 rings (SSSR count). The lowest BCUT2D eigenvalue weighted by Gasteiger charge is -2.22. The van der Waals surface area contributed by atoms with Crippen LogP contribution in [0.4, 0.5) is 0 Å². The summed E-state index contributed by atoms with van der Waals surface area (Å²) in [6.07, 6.45) is 4.95. The molecule has 0 aliphatic heterocycles. The molecule has 1 aromatic heterocycles. The Kier molecular flexibility index (Phi) is 2.71. The molecule has 0 aliphatic rings. The van der Waals surface area contributed by atoms with Crippen LogP contribution in [0.3, 0.4) is 0 Å². The van der Waals surface area contributed by atoms with Crippen LogP contribution in [0, 0.1) is 0 Å². The number of hydrogen-bond acceptors (Lipinski definition) is 1. The lowest BCUT2D eigenvalue weighted by atomic mass is 9.83. The van der Waals surface area contributed by atoms with E-state index in [0.717, 1.165) is 6.42 Å². The minimum Gasteiger partial charge on any atom is -0.264 e. The van der Waals surface area contributed by atoms with E-state index in [1.165, 1.54) is 21.9 Å². The molecule has 0 N–H and O–H groups in total. The topological polar surface area (TPSA) is 12.9 Å². The number of hydrogen-bond donors (Lipinski definition) is 0. The van der Waals surface area contributed by atoms with Gasteiger partial charge in [0, 0.05) is 17.8 Å². The molecule has 1 heteroatoms. The Labute approximate surface area is 97.5 Å². The second kappa shape index (κ2) is 3.89. The second-order valence-corrected chi connectivity index (χ2v) is 5.30. The molecule has 1 aromatic carbocycles. The van der Waals surface area contributed by atoms with Crippen molar-refractivity contribution in [2.75, 3.05) is 0 Å². The van der Waals surface area contributed by atoms with E-state index in [-0.39, 0.29) is 5.41 Å². The summed E-state index contributed by atoms with van der Waals surface area (Å²) in [5.41, 5.74) is 2.96. The molecule has 1 heterocycles. The number of pyridine rings is 1. The van der Waals surface area contributed by atoms with Crippen molar-refractivity contribution < 1.29 is 0 Å². The molecule has 1 nitrogen and oxygen atoms in total. The predicted molar refractivity (Wildman–Crippen MR) is 69.8 cm³/mol. The first-order valence-electron chi connectivity index (χ1n) is 5.90. The Morgan fingerprint density at radius 3 is 2.44 bits per heavy atom. The van der Waals surface area contributed by atoms with Crippen LogP contribution < -0.4 is 0 Å².